The molecule has 0 saturated carbocycles. The smallest absolute Gasteiger partial charge is 0.133 e. The summed E-state index contributed by atoms with van der Waals surface area (Å²) in [7, 11) is 1.65. The zero-order chi connectivity index (χ0) is 15.4. The van der Waals surface area contributed by atoms with E-state index in [9.17, 15) is 0 Å². The van der Waals surface area contributed by atoms with Crippen LogP contribution >= 0.6 is 43.2 Å². The summed E-state index contributed by atoms with van der Waals surface area (Å²) in [6.45, 7) is 3.16. The van der Waals surface area contributed by atoms with Gasteiger partial charge in [0.05, 0.1) is 20.9 Å². The highest BCUT2D eigenvalue weighted by Gasteiger charge is 2.14. The maximum atomic E-state index is 6.35. The molecule has 1 heterocycles. The summed E-state index contributed by atoms with van der Waals surface area (Å²) in [4.78, 5) is 1.14. The fraction of sp³-hybridized carbons (Fsp3) is 0.333. The second kappa shape index (κ2) is 7.74. The van der Waals surface area contributed by atoms with Crippen LogP contribution in [-0.4, -0.2) is 20.3 Å². The van der Waals surface area contributed by atoms with Crippen LogP contribution in [0.3, 0.4) is 0 Å². The highest BCUT2D eigenvalue weighted by Crippen LogP contribution is 2.35. The number of rotatable bonds is 6. The van der Waals surface area contributed by atoms with Crippen LogP contribution in [0.4, 0.5) is 0 Å². The molecule has 2 N–H and O–H groups in total. The van der Waals surface area contributed by atoms with Gasteiger partial charge in [-0.15, -0.1) is 11.3 Å². The Kier molecular flexibility index (Phi) is 6.25. The number of nitrogens with two attached hydrogens (primary N) is 1. The number of benzene rings is 1. The van der Waals surface area contributed by atoms with E-state index in [4.69, 9.17) is 15.2 Å². The lowest BCUT2D eigenvalue weighted by atomic mass is 10.1. The fourth-order valence-electron chi connectivity index (χ4n) is 1.86. The van der Waals surface area contributed by atoms with Gasteiger partial charge in [-0.1, -0.05) is 6.07 Å². The number of hydrogen-bond donors (Lipinski definition) is 1. The third kappa shape index (κ3) is 4.29. The molecule has 0 bridgehead atoms. The molecule has 0 radical (unpaired) electrons. The number of hydrogen-bond acceptors (Lipinski definition) is 4. The van der Waals surface area contributed by atoms with Crippen LogP contribution in [0.25, 0.3) is 0 Å². The van der Waals surface area contributed by atoms with Gasteiger partial charge in [0.15, 0.2) is 0 Å². The minimum Gasteiger partial charge on any atom is -0.490 e. The minimum atomic E-state index is -0.135. The van der Waals surface area contributed by atoms with Gasteiger partial charge in [0.25, 0.3) is 0 Å². The number of ether oxygens (including phenoxy) is 2. The third-order valence-corrected chi connectivity index (χ3v) is 5.88. The normalized spacial score (nSPS) is 12.4. The Hall–Kier alpha value is -0.400. The van der Waals surface area contributed by atoms with E-state index in [1.807, 2.05) is 18.2 Å². The average Bonchev–Trinajstić information content (AvgIpc) is 2.80. The zero-order valence-corrected chi connectivity index (χ0v) is 15.8. The summed E-state index contributed by atoms with van der Waals surface area (Å²) in [6, 6.07) is 7.93. The van der Waals surface area contributed by atoms with Crippen LogP contribution in [-0.2, 0) is 4.74 Å². The monoisotopic (exact) mass is 433 g/mol. The van der Waals surface area contributed by atoms with Crippen molar-refractivity contribution in [2.75, 3.05) is 20.3 Å². The number of methoxy groups -OCH3 is 1. The molecule has 114 valence electrons. The van der Waals surface area contributed by atoms with E-state index in [0.29, 0.717) is 13.2 Å². The van der Waals surface area contributed by atoms with Crippen molar-refractivity contribution in [1.29, 1.82) is 0 Å². The second-order valence-corrected chi connectivity index (χ2v) is 7.87. The highest BCUT2D eigenvalue weighted by atomic mass is 79.9. The lowest BCUT2D eigenvalue weighted by Crippen LogP contribution is -2.10. The molecule has 0 spiro atoms. The zero-order valence-electron chi connectivity index (χ0n) is 11.9. The molecule has 0 aliphatic carbocycles. The Labute approximate surface area is 145 Å². The summed E-state index contributed by atoms with van der Waals surface area (Å²) in [6.07, 6.45) is 0. The first-order valence-corrected chi connectivity index (χ1v) is 8.85. The Morgan fingerprint density at radius 1 is 1.24 bits per heavy atom. The van der Waals surface area contributed by atoms with Gasteiger partial charge in [-0.25, -0.2) is 0 Å². The van der Waals surface area contributed by atoms with Crippen molar-refractivity contribution in [2.45, 2.75) is 13.0 Å². The van der Waals surface area contributed by atoms with Crippen LogP contribution in [0.5, 0.6) is 5.75 Å². The molecule has 0 aliphatic rings. The quantitative estimate of drug-likeness (QED) is 0.672. The van der Waals surface area contributed by atoms with E-state index >= 15 is 0 Å². The molecule has 1 aromatic heterocycles. The molecule has 3 nitrogen and oxygen atoms in total. The molecule has 0 fully saturated rings. The first-order valence-electron chi connectivity index (χ1n) is 6.45. The summed E-state index contributed by atoms with van der Waals surface area (Å²) >= 11 is 8.75. The van der Waals surface area contributed by atoms with Crippen molar-refractivity contribution >= 4 is 43.2 Å². The van der Waals surface area contributed by atoms with Gasteiger partial charge >= 0.3 is 0 Å². The molecular weight excluding hydrogens is 418 g/mol. The van der Waals surface area contributed by atoms with Gasteiger partial charge in [0, 0.05) is 12.0 Å². The maximum Gasteiger partial charge on any atom is 0.133 e. The molecule has 1 unspecified atom stereocenters. The predicted molar refractivity (Wildman–Crippen MR) is 94.3 cm³/mol. The van der Waals surface area contributed by atoms with Crippen molar-refractivity contribution in [3.05, 3.63) is 48.5 Å². The second-order valence-electron chi connectivity index (χ2n) is 4.61. The largest absolute Gasteiger partial charge is 0.490 e. The van der Waals surface area contributed by atoms with Crippen LogP contribution in [0.2, 0.25) is 0 Å². The Bertz CT molecular complexity index is 596. The molecule has 0 saturated heterocycles. The first-order chi connectivity index (χ1) is 10.0. The van der Waals surface area contributed by atoms with Gasteiger partial charge < -0.3 is 15.2 Å². The molecule has 0 aliphatic heterocycles. The molecule has 0 amide bonds. The summed E-state index contributed by atoms with van der Waals surface area (Å²) in [5.74, 6) is 0.798. The third-order valence-electron chi connectivity index (χ3n) is 3.04. The van der Waals surface area contributed by atoms with E-state index in [0.717, 1.165) is 24.4 Å². The molecule has 6 heteroatoms. The predicted octanol–water partition coefficient (Wildman–Crippen LogP) is 4.65. The van der Waals surface area contributed by atoms with Gasteiger partial charge in [0.2, 0.25) is 0 Å². The highest BCUT2D eigenvalue weighted by molar-refractivity contribution is 9.11. The summed E-state index contributed by atoms with van der Waals surface area (Å²) < 4.78 is 12.6. The molecular formula is C15H17Br2NO2S. The Balaban J connectivity index is 2.15. The van der Waals surface area contributed by atoms with Crippen LogP contribution < -0.4 is 10.5 Å². The topological polar surface area (TPSA) is 44.5 Å². The van der Waals surface area contributed by atoms with E-state index in [2.05, 4.69) is 44.8 Å². The van der Waals surface area contributed by atoms with Crippen molar-refractivity contribution in [1.82, 2.24) is 0 Å². The summed E-state index contributed by atoms with van der Waals surface area (Å²) in [5.41, 5.74) is 8.61. The van der Waals surface area contributed by atoms with Gasteiger partial charge in [-0.05, 0) is 68.1 Å². The van der Waals surface area contributed by atoms with E-state index in [-0.39, 0.29) is 6.04 Å². The number of aryl methyl sites for hydroxylation is 1. The van der Waals surface area contributed by atoms with Crippen molar-refractivity contribution in [3.63, 3.8) is 0 Å². The Morgan fingerprint density at radius 2 is 2.00 bits per heavy atom. The van der Waals surface area contributed by atoms with Gasteiger partial charge in [0.1, 0.15) is 12.4 Å². The van der Waals surface area contributed by atoms with Crippen molar-refractivity contribution in [3.8, 4) is 5.75 Å². The van der Waals surface area contributed by atoms with Crippen molar-refractivity contribution in [2.24, 2.45) is 5.73 Å². The van der Waals surface area contributed by atoms with E-state index < -0.39 is 0 Å². The first kappa shape index (κ1) is 17.0. The number of halogens is 2. The Morgan fingerprint density at radius 3 is 2.57 bits per heavy atom. The van der Waals surface area contributed by atoms with Gasteiger partial charge in [-0.3, -0.25) is 0 Å². The molecule has 1 atom stereocenters. The van der Waals surface area contributed by atoms with Gasteiger partial charge in [-0.2, -0.15) is 0 Å². The molecule has 2 aromatic rings. The minimum absolute atomic E-state index is 0.135. The molecule has 1 aromatic carbocycles. The number of thiophene rings is 1. The van der Waals surface area contributed by atoms with Crippen LogP contribution in [0.1, 0.15) is 22.0 Å². The maximum absolute atomic E-state index is 6.35. The molecule has 2 rings (SSSR count). The van der Waals surface area contributed by atoms with Crippen molar-refractivity contribution < 1.29 is 9.47 Å². The van der Waals surface area contributed by atoms with Crippen LogP contribution in [0, 0.1) is 6.92 Å². The average molecular weight is 435 g/mol. The summed E-state index contributed by atoms with van der Waals surface area (Å²) in [5, 5.41) is 0. The molecule has 21 heavy (non-hydrogen) atoms. The van der Waals surface area contributed by atoms with E-state index in [1.54, 1.807) is 18.4 Å². The lowest BCUT2D eigenvalue weighted by Gasteiger charge is -2.13. The SMILES string of the molecule is COCCOc1ccc(C(N)c2cc(C)c(Br)s2)cc1Br. The van der Waals surface area contributed by atoms with Crippen LogP contribution in [0.15, 0.2) is 32.5 Å². The fourth-order valence-corrected chi connectivity index (χ4v) is 3.98. The lowest BCUT2D eigenvalue weighted by molar-refractivity contribution is 0.146. The standard InChI is InChI=1S/C15H17Br2NO2S/c1-9-7-13(21-15(9)17)14(18)10-3-4-12(11(16)8-10)20-6-5-19-2/h3-4,7-8,14H,5-6,18H2,1-2H3. The van der Waals surface area contributed by atoms with E-state index in [1.165, 1.54) is 5.56 Å².